The molecule has 1 amide bonds. The minimum Gasteiger partial charge on any atom is -0.478 e. The van der Waals surface area contributed by atoms with E-state index in [0.717, 1.165) is 0 Å². The second kappa shape index (κ2) is 6.97. The lowest BCUT2D eigenvalue weighted by atomic mass is 9.77. The number of carbonyl (C=O) groups is 2. The van der Waals surface area contributed by atoms with Gasteiger partial charge in [-0.15, -0.1) is 0 Å². The van der Waals surface area contributed by atoms with Crippen molar-refractivity contribution in [3.05, 3.63) is 35.1 Å². The molecule has 8 heteroatoms. The number of pyridine rings is 1. The number of hydrogen-bond acceptors (Lipinski definition) is 5. The van der Waals surface area contributed by atoms with Crippen LogP contribution in [0.1, 0.15) is 50.5 Å². The van der Waals surface area contributed by atoms with E-state index in [2.05, 4.69) is 10.3 Å². The van der Waals surface area contributed by atoms with Crippen LogP contribution in [0.5, 0.6) is 0 Å². The van der Waals surface area contributed by atoms with Gasteiger partial charge in [0.1, 0.15) is 0 Å². The highest BCUT2D eigenvalue weighted by Gasteiger charge is 2.52. The summed E-state index contributed by atoms with van der Waals surface area (Å²) in [6.07, 6.45) is 4.56. The van der Waals surface area contributed by atoms with Crippen molar-refractivity contribution >= 4 is 25.1 Å². The van der Waals surface area contributed by atoms with Crippen LogP contribution in [0.15, 0.2) is 23.9 Å². The molecule has 0 aromatic carbocycles. The smallest absolute Gasteiger partial charge is 0.478 e. The first kappa shape index (κ1) is 19.1. The van der Waals surface area contributed by atoms with Gasteiger partial charge in [-0.1, -0.05) is 6.08 Å². The number of hydrogen-bond donors (Lipinski definition) is 2. The molecule has 0 aliphatic carbocycles. The summed E-state index contributed by atoms with van der Waals surface area (Å²) in [5, 5.41) is 11.8. The quantitative estimate of drug-likeness (QED) is 0.791. The summed E-state index contributed by atoms with van der Waals surface area (Å²) < 4.78 is 12.1. The predicted octanol–water partition coefficient (Wildman–Crippen LogP) is 1.93. The summed E-state index contributed by atoms with van der Waals surface area (Å²) in [4.78, 5) is 26.4. The van der Waals surface area contributed by atoms with Crippen molar-refractivity contribution in [2.24, 2.45) is 0 Å². The molecule has 2 heterocycles. The Balaban J connectivity index is 2.35. The van der Waals surface area contributed by atoms with Crippen LogP contribution < -0.4 is 5.32 Å². The first-order valence-electron chi connectivity index (χ1n) is 8.01. The molecule has 0 bridgehead atoms. The van der Waals surface area contributed by atoms with Gasteiger partial charge < -0.3 is 19.7 Å². The molecule has 1 aromatic heterocycles. The van der Waals surface area contributed by atoms with Crippen molar-refractivity contribution in [2.75, 3.05) is 6.54 Å². The van der Waals surface area contributed by atoms with Crippen molar-refractivity contribution in [1.82, 2.24) is 10.3 Å². The van der Waals surface area contributed by atoms with Crippen molar-refractivity contribution < 1.29 is 24.0 Å². The zero-order valence-electron chi connectivity index (χ0n) is 15.1. The van der Waals surface area contributed by atoms with Gasteiger partial charge >= 0.3 is 13.1 Å². The number of nitrogens with one attached hydrogen (secondary N) is 1. The summed E-state index contributed by atoms with van der Waals surface area (Å²) >= 11 is 0. The number of carboxylic acid groups (broad SMARTS) is 1. The Morgan fingerprint density at radius 3 is 2.36 bits per heavy atom. The Hall–Kier alpha value is -2.19. The highest BCUT2D eigenvalue weighted by atomic mass is 16.7. The van der Waals surface area contributed by atoms with E-state index in [9.17, 15) is 9.59 Å². The molecule has 1 aliphatic heterocycles. The number of nitrogens with zero attached hydrogens (tertiary/aromatic N) is 1. The van der Waals surface area contributed by atoms with Gasteiger partial charge in [0.2, 0.25) is 5.91 Å². The highest BCUT2D eigenvalue weighted by Crippen LogP contribution is 2.38. The Bertz CT molecular complexity index is 699. The Morgan fingerprint density at radius 2 is 1.84 bits per heavy atom. The maximum Gasteiger partial charge on any atom is 0.492 e. The second-order valence-electron chi connectivity index (χ2n) is 7.03. The predicted molar refractivity (Wildman–Crippen MR) is 93.9 cm³/mol. The standard InChI is InChI=1S/C17H23BN2O5/c1-11(21)20-10-14(18-24-16(2,3)17(4,5)25-18)7-12-6-13(15(22)23)9-19-8-12/h6-9H,10H2,1-5H3,(H,20,21)(H,22,23). The third-order valence-corrected chi connectivity index (χ3v) is 4.46. The lowest BCUT2D eigenvalue weighted by Crippen LogP contribution is -2.41. The summed E-state index contributed by atoms with van der Waals surface area (Å²) in [5.41, 5.74) is 0.317. The third kappa shape index (κ3) is 4.46. The summed E-state index contributed by atoms with van der Waals surface area (Å²) in [6.45, 7) is 9.41. The molecule has 25 heavy (non-hydrogen) atoms. The van der Waals surface area contributed by atoms with Crippen LogP contribution in [0, 0.1) is 0 Å². The molecule has 0 radical (unpaired) electrons. The van der Waals surface area contributed by atoms with E-state index in [1.54, 1.807) is 12.3 Å². The van der Waals surface area contributed by atoms with Gasteiger partial charge in [0, 0.05) is 25.9 Å². The molecule has 1 aromatic rings. The van der Waals surface area contributed by atoms with Gasteiger partial charge in [-0.2, -0.15) is 0 Å². The van der Waals surface area contributed by atoms with E-state index >= 15 is 0 Å². The first-order valence-corrected chi connectivity index (χ1v) is 8.01. The fourth-order valence-corrected chi connectivity index (χ4v) is 2.29. The maximum atomic E-state index is 11.3. The number of aromatic nitrogens is 1. The number of aromatic carboxylic acids is 1. The van der Waals surface area contributed by atoms with Gasteiger partial charge in [-0.25, -0.2) is 4.79 Å². The second-order valence-corrected chi connectivity index (χ2v) is 7.03. The molecule has 0 unspecified atom stereocenters. The number of rotatable bonds is 5. The van der Waals surface area contributed by atoms with Crippen LogP contribution in [0.4, 0.5) is 0 Å². The minimum atomic E-state index is -1.05. The van der Waals surface area contributed by atoms with Crippen LogP contribution in [0.25, 0.3) is 6.08 Å². The van der Waals surface area contributed by atoms with Crippen LogP contribution >= 0.6 is 0 Å². The van der Waals surface area contributed by atoms with E-state index in [1.165, 1.54) is 19.2 Å². The monoisotopic (exact) mass is 346 g/mol. The lowest BCUT2D eigenvalue weighted by Gasteiger charge is -2.32. The van der Waals surface area contributed by atoms with Crippen molar-refractivity contribution in [3.8, 4) is 0 Å². The largest absolute Gasteiger partial charge is 0.492 e. The SMILES string of the molecule is CC(=O)NCC(=Cc1cncc(C(=O)O)c1)B1OC(C)(C)C(C)(C)O1. The zero-order valence-corrected chi connectivity index (χ0v) is 15.1. The zero-order chi connectivity index (χ0) is 18.8. The van der Waals surface area contributed by atoms with Gasteiger partial charge in [0.05, 0.1) is 16.8 Å². The van der Waals surface area contributed by atoms with Crippen molar-refractivity contribution in [2.45, 2.75) is 45.8 Å². The normalized spacial score (nSPS) is 18.9. The maximum absolute atomic E-state index is 11.3. The Kier molecular flexibility index (Phi) is 5.34. The fourth-order valence-electron chi connectivity index (χ4n) is 2.29. The molecule has 2 N–H and O–H groups in total. The molecule has 0 atom stereocenters. The van der Waals surface area contributed by atoms with E-state index in [4.69, 9.17) is 14.4 Å². The van der Waals surface area contributed by atoms with Crippen LogP contribution in [0.3, 0.4) is 0 Å². The Labute approximate surface area is 147 Å². The number of carboxylic acids is 1. The number of amides is 1. The molecule has 1 saturated heterocycles. The van der Waals surface area contributed by atoms with Gasteiger partial charge in [0.15, 0.2) is 0 Å². The van der Waals surface area contributed by atoms with Gasteiger partial charge in [-0.3, -0.25) is 9.78 Å². The van der Waals surface area contributed by atoms with E-state index in [1.807, 2.05) is 27.7 Å². The minimum absolute atomic E-state index is 0.0848. The molecule has 1 fully saturated rings. The Morgan fingerprint density at radius 1 is 1.24 bits per heavy atom. The topological polar surface area (TPSA) is 97.8 Å². The molecule has 134 valence electrons. The molecule has 0 spiro atoms. The van der Waals surface area contributed by atoms with Gasteiger partial charge in [-0.05, 0) is 44.8 Å². The molecule has 7 nitrogen and oxygen atoms in total. The molecule has 0 saturated carbocycles. The van der Waals surface area contributed by atoms with Gasteiger partial charge in [0.25, 0.3) is 0 Å². The highest BCUT2D eigenvalue weighted by molar-refractivity contribution is 6.56. The van der Waals surface area contributed by atoms with Crippen LogP contribution in [-0.2, 0) is 14.1 Å². The van der Waals surface area contributed by atoms with Crippen molar-refractivity contribution in [1.29, 1.82) is 0 Å². The van der Waals surface area contributed by atoms with E-state index in [-0.39, 0.29) is 18.0 Å². The average molecular weight is 346 g/mol. The van der Waals surface area contributed by atoms with Crippen molar-refractivity contribution in [3.63, 3.8) is 0 Å². The summed E-state index contributed by atoms with van der Waals surface area (Å²) in [7, 11) is -0.648. The average Bonchev–Trinajstić information content (AvgIpc) is 2.71. The first-order chi connectivity index (χ1) is 11.5. The van der Waals surface area contributed by atoms with E-state index in [0.29, 0.717) is 11.0 Å². The molecule has 2 rings (SSSR count). The third-order valence-electron chi connectivity index (χ3n) is 4.46. The summed E-state index contributed by atoms with van der Waals surface area (Å²) in [6, 6.07) is 1.51. The van der Waals surface area contributed by atoms with Crippen LogP contribution in [0.2, 0.25) is 0 Å². The number of carbonyl (C=O) groups excluding carboxylic acids is 1. The molecule has 1 aliphatic rings. The molecular formula is C17H23BN2O5. The van der Waals surface area contributed by atoms with Crippen LogP contribution in [-0.4, -0.2) is 46.8 Å². The van der Waals surface area contributed by atoms with E-state index < -0.39 is 24.3 Å². The summed E-state index contributed by atoms with van der Waals surface area (Å²) in [5.74, 6) is -1.23. The fraction of sp³-hybridized carbons (Fsp3) is 0.471. The molecular weight excluding hydrogens is 323 g/mol. The lowest BCUT2D eigenvalue weighted by molar-refractivity contribution is -0.118.